The summed E-state index contributed by atoms with van der Waals surface area (Å²) in [5.74, 6) is 1.55. The van der Waals surface area contributed by atoms with Gasteiger partial charge in [0.05, 0.1) is 18.0 Å². The number of hydrogen-bond donors (Lipinski definition) is 2. The van der Waals surface area contributed by atoms with Gasteiger partial charge in [0, 0.05) is 68.8 Å². The minimum atomic E-state index is -0.0640. The Kier molecular flexibility index (Phi) is 6.13. The summed E-state index contributed by atoms with van der Waals surface area (Å²) in [7, 11) is 3.46. The van der Waals surface area contributed by atoms with Crippen LogP contribution in [0.15, 0.2) is 54.9 Å². The van der Waals surface area contributed by atoms with Crippen molar-refractivity contribution < 1.29 is 14.3 Å². The standard InChI is InChI=1S/C26H26N6O3/c1-32(2)26(34)23-12-18-9-16(3-4-20(18)30-23)10-24-28-8-6-21(31-24)22-13-19(5-7-27-22)35-15-17-11-25(33)29-14-17/h3-9,12-13,17,30H,10-11,14-15H2,1-2H3,(H,29,33). The normalized spacial score (nSPS) is 15.3. The number of H-pyrrole nitrogens is 1. The van der Waals surface area contributed by atoms with Crippen LogP contribution in [0.2, 0.25) is 0 Å². The van der Waals surface area contributed by atoms with Gasteiger partial charge in [-0.3, -0.25) is 14.6 Å². The number of pyridine rings is 1. The first-order valence-corrected chi connectivity index (χ1v) is 11.5. The second-order valence-corrected chi connectivity index (χ2v) is 8.90. The molecule has 0 radical (unpaired) electrons. The van der Waals surface area contributed by atoms with Crippen LogP contribution in [0.1, 0.15) is 28.3 Å². The number of hydrogen-bond acceptors (Lipinski definition) is 6. The van der Waals surface area contributed by atoms with Gasteiger partial charge in [0.1, 0.15) is 17.3 Å². The third kappa shape index (κ3) is 5.13. The maximum absolute atomic E-state index is 12.3. The van der Waals surface area contributed by atoms with Crippen LogP contribution in [0.4, 0.5) is 0 Å². The van der Waals surface area contributed by atoms with Crippen LogP contribution in [-0.2, 0) is 11.2 Å². The predicted molar refractivity (Wildman–Crippen MR) is 131 cm³/mol. The molecule has 4 heterocycles. The molecule has 1 atom stereocenters. The topological polar surface area (TPSA) is 113 Å². The molecular weight excluding hydrogens is 444 g/mol. The average Bonchev–Trinajstić information content (AvgIpc) is 3.48. The number of carbonyl (C=O) groups excluding carboxylic acids is 2. The van der Waals surface area contributed by atoms with Crippen molar-refractivity contribution in [1.29, 1.82) is 0 Å². The van der Waals surface area contributed by atoms with Crippen LogP contribution >= 0.6 is 0 Å². The Morgan fingerprint density at radius 2 is 1.94 bits per heavy atom. The summed E-state index contributed by atoms with van der Waals surface area (Å²) in [6, 6.07) is 13.4. The third-order valence-electron chi connectivity index (χ3n) is 5.93. The highest BCUT2D eigenvalue weighted by Crippen LogP contribution is 2.23. The molecule has 1 fully saturated rings. The first kappa shape index (κ1) is 22.5. The van der Waals surface area contributed by atoms with Crippen LogP contribution in [0.3, 0.4) is 0 Å². The third-order valence-corrected chi connectivity index (χ3v) is 5.93. The molecule has 3 aromatic heterocycles. The lowest BCUT2D eigenvalue weighted by Gasteiger charge is -2.11. The van der Waals surface area contributed by atoms with Gasteiger partial charge in [0.2, 0.25) is 5.91 Å². The van der Waals surface area contributed by atoms with E-state index in [-0.39, 0.29) is 17.7 Å². The van der Waals surface area contributed by atoms with Crippen LogP contribution in [-0.4, -0.2) is 63.9 Å². The van der Waals surface area contributed by atoms with Crippen molar-refractivity contribution in [1.82, 2.24) is 30.2 Å². The minimum absolute atomic E-state index is 0.0640. The number of aromatic nitrogens is 4. The Hall–Kier alpha value is -4.27. The molecule has 1 aliphatic heterocycles. The summed E-state index contributed by atoms with van der Waals surface area (Å²) in [6.45, 7) is 1.12. The van der Waals surface area contributed by atoms with Crippen LogP contribution < -0.4 is 10.1 Å². The van der Waals surface area contributed by atoms with Gasteiger partial charge in [-0.25, -0.2) is 9.97 Å². The molecular formula is C26H26N6O3. The van der Waals surface area contributed by atoms with Crippen molar-refractivity contribution in [3.63, 3.8) is 0 Å². The molecule has 35 heavy (non-hydrogen) atoms. The number of rotatable bonds is 7. The molecule has 1 aliphatic rings. The van der Waals surface area contributed by atoms with Gasteiger partial charge in [-0.15, -0.1) is 0 Å². The van der Waals surface area contributed by atoms with Crippen molar-refractivity contribution in [2.24, 2.45) is 5.92 Å². The molecule has 2 N–H and O–H groups in total. The SMILES string of the molecule is CN(C)C(=O)c1cc2cc(Cc3nccc(-c4cc(OCC5CNC(=O)C5)ccn4)n3)ccc2[nH]1. The molecule has 9 heteroatoms. The van der Waals surface area contributed by atoms with Crippen LogP contribution in [0, 0.1) is 5.92 Å². The number of carbonyl (C=O) groups is 2. The molecule has 4 aromatic rings. The highest BCUT2D eigenvalue weighted by Gasteiger charge is 2.22. The van der Waals surface area contributed by atoms with E-state index in [0.29, 0.717) is 54.6 Å². The van der Waals surface area contributed by atoms with E-state index in [0.717, 1.165) is 16.5 Å². The van der Waals surface area contributed by atoms with E-state index in [2.05, 4.69) is 20.3 Å². The van der Waals surface area contributed by atoms with Gasteiger partial charge in [0.15, 0.2) is 0 Å². The fraction of sp³-hybridized carbons (Fsp3) is 0.269. The van der Waals surface area contributed by atoms with Gasteiger partial charge in [-0.1, -0.05) is 6.07 Å². The molecule has 1 aromatic carbocycles. The number of amides is 2. The maximum atomic E-state index is 12.3. The molecule has 9 nitrogen and oxygen atoms in total. The Morgan fingerprint density at radius 1 is 1.09 bits per heavy atom. The zero-order chi connectivity index (χ0) is 24.4. The minimum Gasteiger partial charge on any atom is -0.493 e. The van der Waals surface area contributed by atoms with Gasteiger partial charge in [0.25, 0.3) is 5.91 Å². The summed E-state index contributed by atoms with van der Waals surface area (Å²) in [5.41, 5.74) is 3.92. The zero-order valence-corrected chi connectivity index (χ0v) is 19.6. The summed E-state index contributed by atoms with van der Waals surface area (Å²) in [6.07, 6.45) is 4.46. The highest BCUT2D eigenvalue weighted by atomic mass is 16.5. The quantitative estimate of drug-likeness (QED) is 0.429. The molecule has 178 valence electrons. The lowest BCUT2D eigenvalue weighted by Crippen LogP contribution is -2.21. The fourth-order valence-corrected chi connectivity index (χ4v) is 4.10. The number of nitrogens with zero attached hydrogens (tertiary/aromatic N) is 4. The highest BCUT2D eigenvalue weighted by molar-refractivity contribution is 5.97. The van der Waals surface area contributed by atoms with Crippen molar-refractivity contribution >= 4 is 22.7 Å². The molecule has 0 saturated carbocycles. The smallest absolute Gasteiger partial charge is 0.269 e. The number of ether oxygens (including phenoxy) is 1. The largest absolute Gasteiger partial charge is 0.493 e. The van der Waals surface area contributed by atoms with Crippen LogP contribution in [0.5, 0.6) is 5.75 Å². The number of nitrogens with one attached hydrogen (secondary N) is 2. The van der Waals surface area contributed by atoms with Crippen molar-refractivity contribution in [3.8, 4) is 17.1 Å². The van der Waals surface area contributed by atoms with E-state index in [1.54, 1.807) is 37.5 Å². The summed E-state index contributed by atoms with van der Waals surface area (Å²) < 4.78 is 5.90. The monoisotopic (exact) mass is 470 g/mol. The molecule has 0 spiro atoms. The lowest BCUT2D eigenvalue weighted by molar-refractivity contribution is -0.119. The van der Waals surface area contributed by atoms with Gasteiger partial charge < -0.3 is 19.9 Å². The average molecular weight is 471 g/mol. The zero-order valence-electron chi connectivity index (χ0n) is 19.6. The van der Waals surface area contributed by atoms with E-state index in [9.17, 15) is 9.59 Å². The first-order chi connectivity index (χ1) is 16.9. The van der Waals surface area contributed by atoms with E-state index in [1.165, 1.54) is 0 Å². The molecule has 5 rings (SSSR count). The van der Waals surface area contributed by atoms with Crippen LogP contribution in [0.25, 0.3) is 22.3 Å². The Morgan fingerprint density at radius 3 is 2.74 bits per heavy atom. The lowest BCUT2D eigenvalue weighted by atomic mass is 10.1. The maximum Gasteiger partial charge on any atom is 0.269 e. The Balaban J connectivity index is 1.30. The van der Waals surface area contributed by atoms with Gasteiger partial charge in [-0.2, -0.15) is 0 Å². The second-order valence-electron chi connectivity index (χ2n) is 8.90. The summed E-state index contributed by atoms with van der Waals surface area (Å²) in [5, 5.41) is 3.79. The predicted octanol–water partition coefficient (Wildman–Crippen LogP) is 2.83. The summed E-state index contributed by atoms with van der Waals surface area (Å²) in [4.78, 5) is 41.9. The van der Waals surface area contributed by atoms with Crippen molar-refractivity contribution in [2.75, 3.05) is 27.2 Å². The molecule has 1 saturated heterocycles. The number of benzene rings is 1. The first-order valence-electron chi connectivity index (χ1n) is 11.5. The Bertz CT molecular complexity index is 1400. The molecule has 0 aliphatic carbocycles. The number of fused-ring (bicyclic) bond motifs is 1. The van der Waals surface area contributed by atoms with Gasteiger partial charge >= 0.3 is 0 Å². The molecule has 2 amide bonds. The number of aromatic amines is 1. The van der Waals surface area contributed by atoms with E-state index in [1.807, 2.05) is 36.4 Å². The van der Waals surface area contributed by atoms with E-state index < -0.39 is 0 Å². The van der Waals surface area contributed by atoms with Crippen molar-refractivity contribution in [2.45, 2.75) is 12.8 Å². The van der Waals surface area contributed by atoms with E-state index in [4.69, 9.17) is 9.72 Å². The van der Waals surface area contributed by atoms with Crippen molar-refractivity contribution in [3.05, 3.63) is 71.9 Å². The van der Waals surface area contributed by atoms with Gasteiger partial charge in [-0.05, 0) is 35.9 Å². The Labute approximate surface area is 202 Å². The molecule has 1 unspecified atom stereocenters. The molecule has 0 bridgehead atoms. The summed E-state index contributed by atoms with van der Waals surface area (Å²) >= 11 is 0. The fourth-order valence-electron chi connectivity index (χ4n) is 4.10. The van der Waals surface area contributed by atoms with E-state index >= 15 is 0 Å². The second kappa shape index (κ2) is 9.54.